The lowest BCUT2D eigenvalue weighted by molar-refractivity contribution is -0.161. The Kier molecular flexibility index (Phi) is 62.1. The largest absolute Gasteiger partial charge is 0.472 e. The number of hydrogen-bond acceptors (Lipinski definition) is 15. The van der Waals surface area contributed by atoms with Gasteiger partial charge in [0.2, 0.25) is 0 Å². The summed E-state index contributed by atoms with van der Waals surface area (Å²) in [7, 11) is -9.90. The van der Waals surface area contributed by atoms with Crippen molar-refractivity contribution < 1.29 is 80.2 Å². The molecule has 0 amide bonds. The predicted molar refractivity (Wildman–Crippen MR) is 358 cm³/mol. The number of phosphoric acid groups is 2. The van der Waals surface area contributed by atoms with Gasteiger partial charge in [-0.25, -0.2) is 9.13 Å². The van der Waals surface area contributed by atoms with Crippen LogP contribution in [0.4, 0.5) is 0 Å². The van der Waals surface area contributed by atoms with Gasteiger partial charge in [0, 0.05) is 25.7 Å². The van der Waals surface area contributed by atoms with Gasteiger partial charge in [0.1, 0.15) is 19.3 Å². The van der Waals surface area contributed by atoms with E-state index < -0.39 is 97.5 Å². The van der Waals surface area contributed by atoms with E-state index >= 15 is 0 Å². The van der Waals surface area contributed by atoms with Gasteiger partial charge in [-0.15, -0.1) is 0 Å². The summed E-state index contributed by atoms with van der Waals surface area (Å²) in [5, 5.41) is 10.6. The normalized spacial score (nSPS) is 14.1. The molecule has 2 unspecified atom stereocenters. The molecular formula is C70H136O17P2. The molecule has 17 nitrogen and oxygen atoms in total. The molecule has 0 fully saturated rings. The van der Waals surface area contributed by atoms with Crippen molar-refractivity contribution in [3.8, 4) is 0 Å². The maximum atomic E-state index is 13.0. The zero-order valence-corrected chi connectivity index (χ0v) is 59.4. The van der Waals surface area contributed by atoms with E-state index in [4.69, 9.17) is 37.0 Å². The number of rotatable bonds is 70. The quantitative estimate of drug-likeness (QED) is 0.0222. The van der Waals surface area contributed by atoms with Gasteiger partial charge in [-0.3, -0.25) is 37.3 Å². The molecular weight excluding hydrogens is 1170 g/mol. The molecule has 528 valence electrons. The van der Waals surface area contributed by atoms with Crippen LogP contribution in [0, 0.1) is 5.92 Å². The van der Waals surface area contributed by atoms with Crippen LogP contribution in [-0.4, -0.2) is 96.7 Å². The zero-order valence-electron chi connectivity index (χ0n) is 57.6. The summed E-state index contributed by atoms with van der Waals surface area (Å²) in [6.45, 7) is 7.22. The highest BCUT2D eigenvalue weighted by molar-refractivity contribution is 7.47. The van der Waals surface area contributed by atoms with Crippen LogP contribution in [-0.2, 0) is 65.4 Å². The summed E-state index contributed by atoms with van der Waals surface area (Å²) in [6.07, 6.45) is 49.9. The lowest BCUT2D eigenvalue weighted by atomic mass is 10.0. The number of esters is 4. The van der Waals surface area contributed by atoms with Crippen molar-refractivity contribution in [3.05, 3.63) is 0 Å². The first kappa shape index (κ1) is 87.1. The van der Waals surface area contributed by atoms with Crippen LogP contribution in [0.25, 0.3) is 0 Å². The molecule has 0 heterocycles. The number of carbonyl (C=O) groups is 4. The van der Waals surface area contributed by atoms with Crippen molar-refractivity contribution in [3.63, 3.8) is 0 Å². The molecule has 5 atom stereocenters. The second kappa shape index (κ2) is 63.5. The van der Waals surface area contributed by atoms with Crippen LogP contribution in [0.3, 0.4) is 0 Å². The van der Waals surface area contributed by atoms with Crippen LogP contribution >= 0.6 is 15.6 Å². The molecule has 89 heavy (non-hydrogen) atoms. The highest BCUT2D eigenvalue weighted by Crippen LogP contribution is 2.45. The molecule has 0 aromatic rings. The highest BCUT2D eigenvalue weighted by Gasteiger charge is 2.30. The molecule has 0 saturated carbocycles. The van der Waals surface area contributed by atoms with Gasteiger partial charge < -0.3 is 33.8 Å². The van der Waals surface area contributed by atoms with Crippen LogP contribution in [0.2, 0.25) is 0 Å². The maximum Gasteiger partial charge on any atom is 0.472 e. The molecule has 0 aliphatic heterocycles. The number of phosphoric ester groups is 2. The van der Waals surface area contributed by atoms with E-state index in [1.807, 2.05) is 0 Å². The molecule has 0 rings (SSSR count). The summed E-state index contributed by atoms with van der Waals surface area (Å²) >= 11 is 0. The summed E-state index contributed by atoms with van der Waals surface area (Å²) in [5.41, 5.74) is 0. The van der Waals surface area contributed by atoms with Gasteiger partial charge >= 0.3 is 39.5 Å². The van der Waals surface area contributed by atoms with Crippen LogP contribution < -0.4 is 0 Å². The molecule has 0 spiro atoms. The molecule has 19 heteroatoms. The van der Waals surface area contributed by atoms with Crippen molar-refractivity contribution in [2.45, 2.75) is 380 Å². The average molecular weight is 1310 g/mol. The van der Waals surface area contributed by atoms with Gasteiger partial charge in [-0.05, 0) is 31.6 Å². The Morgan fingerprint density at radius 1 is 0.303 bits per heavy atom. The van der Waals surface area contributed by atoms with E-state index in [2.05, 4.69) is 34.6 Å². The molecule has 0 aromatic heterocycles. The minimum atomic E-state index is -4.95. The summed E-state index contributed by atoms with van der Waals surface area (Å²) < 4.78 is 68.2. The summed E-state index contributed by atoms with van der Waals surface area (Å²) in [4.78, 5) is 72.5. The van der Waals surface area contributed by atoms with E-state index in [1.54, 1.807) is 0 Å². The third-order valence-electron chi connectivity index (χ3n) is 16.3. The number of unbranched alkanes of at least 4 members (excludes halogenated alkanes) is 42. The van der Waals surface area contributed by atoms with Crippen LogP contribution in [0.1, 0.15) is 362 Å². The molecule has 0 aromatic carbocycles. The Balaban J connectivity index is 5.23. The van der Waals surface area contributed by atoms with Crippen LogP contribution in [0.5, 0.6) is 0 Å². The van der Waals surface area contributed by atoms with Crippen molar-refractivity contribution in [1.29, 1.82) is 0 Å². The summed E-state index contributed by atoms with van der Waals surface area (Å²) in [5.74, 6) is -1.37. The number of carbonyl (C=O) groups excluding carboxylic acids is 4. The topological polar surface area (TPSA) is 237 Å². The second-order valence-electron chi connectivity index (χ2n) is 25.7. The summed E-state index contributed by atoms with van der Waals surface area (Å²) in [6, 6.07) is 0. The first-order valence-corrected chi connectivity index (χ1v) is 39.6. The maximum absolute atomic E-state index is 13.0. The minimum absolute atomic E-state index is 0.106. The number of ether oxygens (including phenoxy) is 4. The Bertz CT molecular complexity index is 1720. The Morgan fingerprint density at radius 2 is 0.517 bits per heavy atom. The molecule has 3 N–H and O–H groups in total. The molecule has 0 bridgehead atoms. The fourth-order valence-corrected chi connectivity index (χ4v) is 12.2. The number of aliphatic hydroxyl groups is 1. The molecule has 0 aliphatic rings. The monoisotopic (exact) mass is 1310 g/mol. The SMILES string of the molecule is CCCCCCCCCCCCCCCCC(=O)OC[C@H](COP(=O)(O)OC[C@@H](O)COP(=O)(O)OC[C@@H](COC(=O)CCCCCCCCCC)OC(=O)CCCCCCCCCCCCC(C)C)OC(=O)CCCCCCCCCCCCCCCC. The van der Waals surface area contributed by atoms with Crippen molar-refractivity contribution in [2.24, 2.45) is 5.92 Å². The lowest BCUT2D eigenvalue weighted by Crippen LogP contribution is -2.30. The minimum Gasteiger partial charge on any atom is -0.462 e. The Labute approximate surface area is 543 Å². The first-order chi connectivity index (χ1) is 43.0. The molecule has 0 aliphatic carbocycles. The van der Waals surface area contributed by atoms with E-state index in [1.165, 1.54) is 180 Å². The zero-order chi connectivity index (χ0) is 65.6. The fraction of sp³-hybridized carbons (Fsp3) is 0.943. The third-order valence-corrected chi connectivity index (χ3v) is 18.2. The third kappa shape index (κ3) is 64.6. The van der Waals surface area contributed by atoms with Gasteiger partial charge in [-0.2, -0.15) is 0 Å². The van der Waals surface area contributed by atoms with E-state index in [0.29, 0.717) is 25.7 Å². The molecule has 0 radical (unpaired) electrons. The van der Waals surface area contributed by atoms with Gasteiger partial charge in [0.05, 0.1) is 26.4 Å². The average Bonchev–Trinajstić information content (AvgIpc) is 3.55. The lowest BCUT2D eigenvalue weighted by Gasteiger charge is -2.21. The molecule has 0 saturated heterocycles. The van der Waals surface area contributed by atoms with Crippen LogP contribution in [0.15, 0.2) is 0 Å². The van der Waals surface area contributed by atoms with E-state index in [-0.39, 0.29) is 25.7 Å². The second-order valence-corrected chi connectivity index (χ2v) is 28.7. The van der Waals surface area contributed by atoms with Crippen molar-refractivity contribution in [2.75, 3.05) is 39.6 Å². The Hall–Kier alpha value is -1.94. The first-order valence-electron chi connectivity index (χ1n) is 36.6. The fourth-order valence-electron chi connectivity index (χ4n) is 10.6. The predicted octanol–water partition coefficient (Wildman–Crippen LogP) is 20.1. The van der Waals surface area contributed by atoms with E-state index in [0.717, 1.165) is 102 Å². The van der Waals surface area contributed by atoms with Gasteiger partial charge in [0.15, 0.2) is 12.2 Å². The van der Waals surface area contributed by atoms with E-state index in [9.17, 15) is 43.2 Å². The smallest absolute Gasteiger partial charge is 0.462 e. The van der Waals surface area contributed by atoms with Crippen molar-refractivity contribution in [1.82, 2.24) is 0 Å². The van der Waals surface area contributed by atoms with Crippen molar-refractivity contribution >= 4 is 39.5 Å². The number of hydrogen-bond donors (Lipinski definition) is 3. The van der Waals surface area contributed by atoms with Gasteiger partial charge in [0.25, 0.3) is 0 Å². The number of aliphatic hydroxyl groups excluding tert-OH is 1. The highest BCUT2D eigenvalue weighted by atomic mass is 31.2. The van der Waals surface area contributed by atoms with Gasteiger partial charge in [-0.1, -0.05) is 311 Å². The standard InChI is InChI=1S/C70H136O17P2/c1-6-9-12-15-18-21-23-25-27-29-34-39-44-49-54-68(73)81-60-66(87-69(74)55-50-45-40-35-30-28-26-24-22-19-16-13-10-7-2)62-85-89(78,79)83-58-64(71)57-82-88(76,77)84-61-65(59-80-67(72)53-48-43-38-20-17-14-11-8-3)86-70(75)56-51-46-41-36-32-31-33-37-42-47-52-63(4)5/h63-66,71H,6-62H2,1-5H3,(H,76,77)(H,78,79)/t64-,65+,66+/m0/s1. The Morgan fingerprint density at radius 3 is 0.764 bits per heavy atom.